The third-order valence-electron chi connectivity index (χ3n) is 1.89. The third kappa shape index (κ3) is 2.66. The number of allylic oxidation sites excluding steroid dienone is 2. The number of hydrogen-bond donors (Lipinski definition) is 1. The molecular weight excluding hydrogens is 154 g/mol. The van der Waals surface area contributed by atoms with Gasteiger partial charge in [-0.15, -0.1) is 0 Å². The van der Waals surface area contributed by atoms with Crippen LogP contribution >= 0.6 is 0 Å². The van der Waals surface area contributed by atoms with Crippen molar-refractivity contribution in [3.63, 3.8) is 0 Å². The molecule has 12 heavy (non-hydrogen) atoms. The molecule has 1 heterocycles. The predicted octanol–water partition coefficient (Wildman–Crippen LogP) is 0.715. The summed E-state index contributed by atoms with van der Waals surface area (Å²) < 4.78 is 5.26. The smallest absolute Gasteiger partial charge is 0.225 e. The molecule has 0 aliphatic carbocycles. The lowest BCUT2D eigenvalue weighted by molar-refractivity contribution is -0.125. The van der Waals surface area contributed by atoms with Gasteiger partial charge in [-0.3, -0.25) is 4.79 Å². The van der Waals surface area contributed by atoms with E-state index in [2.05, 4.69) is 5.32 Å². The molecule has 0 spiro atoms. The highest BCUT2D eigenvalue weighted by Crippen LogP contribution is 2.07. The second-order valence-corrected chi connectivity index (χ2v) is 2.87. The maximum Gasteiger partial charge on any atom is 0.225 e. The molecule has 68 valence electrons. The van der Waals surface area contributed by atoms with Gasteiger partial charge in [0.2, 0.25) is 5.91 Å². The lowest BCUT2D eigenvalue weighted by atomic mass is 10.1. The van der Waals surface area contributed by atoms with Gasteiger partial charge in [0.25, 0.3) is 0 Å². The monoisotopic (exact) mass is 169 g/mol. The molecule has 1 aliphatic heterocycles. The minimum absolute atomic E-state index is 0.00343. The number of carbonyl (C=O) groups is 1. The number of carbonyl (C=O) groups excluding carboxylic acids is 1. The molecule has 3 heteroatoms. The predicted molar refractivity (Wildman–Crippen MR) is 46.7 cm³/mol. The second kappa shape index (κ2) is 4.93. The summed E-state index contributed by atoms with van der Waals surface area (Å²) in [5.41, 5.74) is 0. The molecule has 1 rings (SSSR count). The van der Waals surface area contributed by atoms with Crippen LogP contribution in [0.5, 0.6) is 0 Å². The third-order valence-corrected chi connectivity index (χ3v) is 1.89. The standard InChI is InChI=1S/C9H15NO2/c1-2-3-4-8-7-12-6-5-10-9(8)11/h2-3,8H,4-7H2,1H3,(H,10,11)/b3-2+. The Kier molecular flexibility index (Phi) is 3.80. The first-order valence-corrected chi connectivity index (χ1v) is 4.31. The van der Waals surface area contributed by atoms with E-state index in [1.54, 1.807) is 0 Å². The number of amides is 1. The van der Waals surface area contributed by atoms with Gasteiger partial charge in [0, 0.05) is 6.54 Å². The molecule has 1 saturated heterocycles. The van der Waals surface area contributed by atoms with Crippen LogP contribution in [0.1, 0.15) is 13.3 Å². The van der Waals surface area contributed by atoms with Crippen LogP contribution < -0.4 is 5.32 Å². The Morgan fingerprint density at radius 2 is 2.58 bits per heavy atom. The van der Waals surface area contributed by atoms with E-state index in [0.717, 1.165) is 6.42 Å². The van der Waals surface area contributed by atoms with Crippen LogP contribution in [0.15, 0.2) is 12.2 Å². The zero-order chi connectivity index (χ0) is 8.81. The second-order valence-electron chi connectivity index (χ2n) is 2.87. The van der Waals surface area contributed by atoms with Crippen molar-refractivity contribution in [2.24, 2.45) is 5.92 Å². The number of hydrogen-bond acceptors (Lipinski definition) is 2. The van der Waals surface area contributed by atoms with Crippen LogP contribution in [0, 0.1) is 5.92 Å². The molecule has 0 aromatic carbocycles. The highest BCUT2D eigenvalue weighted by atomic mass is 16.5. The van der Waals surface area contributed by atoms with Crippen molar-refractivity contribution in [1.82, 2.24) is 5.32 Å². The molecule has 1 N–H and O–H groups in total. The van der Waals surface area contributed by atoms with Crippen LogP contribution in [0.2, 0.25) is 0 Å². The van der Waals surface area contributed by atoms with Crippen molar-refractivity contribution < 1.29 is 9.53 Å². The molecule has 1 amide bonds. The summed E-state index contributed by atoms with van der Waals surface area (Å²) in [5, 5.41) is 2.81. The Morgan fingerprint density at radius 3 is 3.33 bits per heavy atom. The molecular formula is C9H15NO2. The molecule has 0 aromatic rings. The highest BCUT2D eigenvalue weighted by molar-refractivity contribution is 5.79. The number of nitrogens with one attached hydrogen (secondary N) is 1. The van der Waals surface area contributed by atoms with Crippen LogP contribution in [0.3, 0.4) is 0 Å². The van der Waals surface area contributed by atoms with E-state index in [4.69, 9.17) is 4.74 Å². The van der Waals surface area contributed by atoms with Gasteiger partial charge in [-0.25, -0.2) is 0 Å². The summed E-state index contributed by atoms with van der Waals surface area (Å²) in [7, 11) is 0. The van der Waals surface area contributed by atoms with Crippen LogP contribution in [-0.4, -0.2) is 25.7 Å². The molecule has 1 fully saturated rings. The summed E-state index contributed by atoms with van der Waals surface area (Å²) in [4.78, 5) is 11.3. The van der Waals surface area contributed by atoms with E-state index in [0.29, 0.717) is 19.8 Å². The topological polar surface area (TPSA) is 38.3 Å². The van der Waals surface area contributed by atoms with E-state index in [1.807, 2.05) is 19.1 Å². The Morgan fingerprint density at radius 1 is 1.75 bits per heavy atom. The summed E-state index contributed by atoms with van der Waals surface area (Å²) in [6.45, 7) is 3.79. The Labute approximate surface area is 72.8 Å². The van der Waals surface area contributed by atoms with E-state index < -0.39 is 0 Å². The highest BCUT2D eigenvalue weighted by Gasteiger charge is 2.19. The lowest BCUT2D eigenvalue weighted by Crippen LogP contribution is -2.30. The van der Waals surface area contributed by atoms with E-state index in [9.17, 15) is 4.79 Å². The minimum Gasteiger partial charge on any atom is -0.379 e. The van der Waals surface area contributed by atoms with Gasteiger partial charge in [-0.05, 0) is 13.3 Å². The fourth-order valence-electron chi connectivity index (χ4n) is 1.17. The summed E-state index contributed by atoms with van der Waals surface area (Å²) in [6, 6.07) is 0. The van der Waals surface area contributed by atoms with E-state index in [-0.39, 0.29) is 11.8 Å². The van der Waals surface area contributed by atoms with Gasteiger partial charge in [-0.2, -0.15) is 0 Å². The molecule has 0 bridgehead atoms. The Bertz CT molecular complexity index is 177. The average molecular weight is 169 g/mol. The average Bonchev–Trinajstić information content (AvgIpc) is 2.27. The van der Waals surface area contributed by atoms with Crippen LogP contribution in [-0.2, 0) is 9.53 Å². The lowest BCUT2D eigenvalue weighted by Gasteiger charge is -2.08. The van der Waals surface area contributed by atoms with Crippen molar-refractivity contribution >= 4 is 5.91 Å². The van der Waals surface area contributed by atoms with Crippen molar-refractivity contribution in [3.8, 4) is 0 Å². The Balaban J connectivity index is 2.42. The number of ether oxygens (including phenoxy) is 1. The van der Waals surface area contributed by atoms with Gasteiger partial charge in [0.05, 0.1) is 19.1 Å². The first kappa shape index (κ1) is 9.26. The first-order chi connectivity index (χ1) is 5.84. The molecule has 0 aromatic heterocycles. The van der Waals surface area contributed by atoms with Crippen molar-refractivity contribution in [2.45, 2.75) is 13.3 Å². The van der Waals surface area contributed by atoms with Crippen molar-refractivity contribution in [1.29, 1.82) is 0 Å². The first-order valence-electron chi connectivity index (χ1n) is 4.31. The minimum atomic E-state index is 0.00343. The molecule has 1 aliphatic rings. The van der Waals surface area contributed by atoms with Gasteiger partial charge < -0.3 is 10.1 Å². The number of rotatable bonds is 2. The maximum atomic E-state index is 11.3. The molecule has 1 unspecified atom stereocenters. The van der Waals surface area contributed by atoms with Gasteiger partial charge in [0.15, 0.2) is 0 Å². The largest absolute Gasteiger partial charge is 0.379 e. The summed E-state index contributed by atoms with van der Waals surface area (Å²) in [5.74, 6) is 0.120. The SMILES string of the molecule is C/C=C/CC1COCCNC1=O. The van der Waals surface area contributed by atoms with Crippen LogP contribution in [0.25, 0.3) is 0 Å². The van der Waals surface area contributed by atoms with E-state index >= 15 is 0 Å². The Hall–Kier alpha value is -0.830. The quantitative estimate of drug-likeness (QED) is 0.618. The zero-order valence-corrected chi connectivity index (χ0v) is 7.38. The van der Waals surface area contributed by atoms with Gasteiger partial charge in [0.1, 0.15) is 0 Å². The molecule has 1 atom stereocenters. The zero-order valence-electron chi connectivity index (χ0n) is 7.38. The fraction of sp³-hybridized carbons (Fsp3) is 0.667. The van der Waals surface area contributed by atoms with E-state index in [1.165, 1.54) is 0 Å². The summed E-state index contributed by atoms with van der Waals surface area (Å²) >= 11 is 0. The van der Waals surface area contributed by atoms with Crippen LogP contribution in [0.4, 0.5) is 0 Å². The summed E-state index contributed by atoms with van der Waals surface area (Å²) in [6.07, 6.45) is 4.74. The van der Waals surface area contributed by atoms with Crippen molar-refractivity contribution in [2.75, 3.05) is 19.8 Å². The van der Waals surface area contributed by atoms with Crippen molar-refractivity contribution in [3.05, 3.63) is 12.2 Å². The van der Waals surface area contributed by atoms with Gasteiger partial charge in [-0.1, -0.05) is 12.2 Å². The molecule has 0 radical (unpaired) electrons. The van der Waals surface area contributed by atoms with Gasteiger partial charge >= 0.3 is 0 Å². The maximum absolute atomic E-state index is 11.3. The fourth-order valence-corrected chi connectivity index (χ4v) is 1.17. The molecule has 0 saturated carbocycles. The normalized spacial score (nSPS) is 25.4. The molecule has 3 nitrogen and oxygen atoms in total.